The maximum atomic E-state index is 11.8. The molecule has 0 radical (unpaired) electrons. The van der Waals surface area contributed by atoms with Gasteiger partial charge in [0, 0.05) is 0 Å². The number of amides is 1. The fourth-order valence-corrected chi connectivity index (χ4v) is 2.05. The van der Waals surface area contributed by atoms with E-state index in [0.29, 0.717) is 6.61 Å². The minimum absolute atomic E-state index is 0.361. The van der Waals surface area contributed by atoms with E-state index in [1.807, 2.05) is 45.0 Å². The molecule has 1 aromatic carbocycles. The Labute approximate surface area is 128 Å². The molecule has 21 heavy (non-hydrogen) atoms. The first-order chi connectivity index (χ1) is 9.86. The smallest absolute Gasteiger partial charge is 0.407 e. The summed E-state index contributed by atoms with van der Waals surface area (Å²) in [6.45, 7) is 12.4. The minimum atomic E-state index is -0.463. The number of hydrogen-bond acceptors (Lipinski definition) is 2. The van der Waals surface area contributed by atoms with E-state index >= 15 is 0 Å². The quantitative estimate of drug-likeness (QED) is 0.727. The number of alkyl carbamates (subject to hydrolysis) is 1. The van der Waals surface area contributed by atoms with Crippen molar-refractivity contribution in [1.29, 1.82) is 0 Å². The topological polar surface area (TPSA) is 38.3 Å². The first-order valence-electron chi connectivity index (χ1n) is 7.58. The van der Waals surface area contributed by atoms with Gasteiger partial charge in [0.1, 0.15) is 0 Å². The first-order valence-corrected chi connectivity index (χ1v) is 7.58. The molecule has 3 nitrogen and oxygen atoms in total. The predicted molar refractivity (Wildman–Crippen MR) is 88.2 cm³/mol. The molecule has 0 fully saturated rings. The summed E-state index contributed by atoms with van der Waals surface area (Å²) >= 11 is 0. The van der Waals surface area contributed by atoms with Crippen LogP contribution in [-0.4, -0.2) is 12.7 Å². The number of nitrogens with one attached hydrogen (secondary N) is 1. The Kier molecular flexibility index (Phi) is 6.47. The van der Waals surface area contributed by atoms with Crippen molar-refractivity contribution in [1.82, 2.24) is 5.32 Å². The molecule has 0 unspecified atom stereocenters. The van der Waals surface area contributed by atoms with Gasteiger partial charge in [-0.1, -0.05) is 56.2 Å². The summed E-state index contributed by atoms with van der Waals surface area (Å²) in [5.41, 5.74) is 2.72. The number of ether oxygens (including phenoxy) is 1. The third-order valence-electron chi connectivity index (χ3n) is 3.49. The molecule has 0 atom stereocenters. The summed E-state index contributed by atoms with van der Waals surface area (Å²) in [7, 11) is 0. The molecule has 1 amide bonds. The van der Waals surface area contributed by atoms with Crippen molar-refractivity contribution in [3.63, 3.8) is 0 Å². The van der Waals surface area contributed by atoms with Crippen molar-refractivity contribution in [2.45, 2.75) is 52.5 Å². The summed E-state index contributed by atoms with van der Waals surface area (Å²) in [6.07, 6.45) is 2.75. The van der Waals surface area contributed by atoms with Gasteiger partial charge in [0.25, 0.3) is 0 Å². The molecule has 1 aromatic rings. The van der Waals surface area contributed by atoms with Gasteiger partial charge in [0.2, 0.25) is 0 Å². The molecule has 116 valence electrons. The molecule has 0 spiro atoms. The van der Waals surface area contributed by atoms with Gasteiger partial charge in [-0.25, -0.2) is 4.79 Å². The third kappa shape index (κ3) is 5.62. The molecule has 1 rings (SSSR count). The van der Waals surface area contributed by atoms with E-state index < -0.39 is 5.54 Å². The minimum Gasteiger partial charge on any atom is -0.450 e. The number of unbranched alkanes of at least 4 members (excludes halogenated alkanes) is 2. The lowest BCUT2D eigenvalue weighted by Crippen LogP contribution is -2.41. The van der Waals surface area contributed by atoms with Crippen LogP contribution < -0.4 is 5.32 Å². The van der Waals surface area contributed by atoms with E-state index in [2.05, 4.69) is 18.8 Å². The van der Waals surface area contributed by atoms with Crippen molar-refractivity contribution >= 4 is 11.7 Å². The lowest BCUT2D eigenvalue weighted by molar-refractivity contribution is 0.134. The highest BCUT2D eigenvalue weighted by Gasteiger charge is 2.23. The standard InChI is InChI=1S/C18H27NO2/c1-6-7-8-13-21-17(20)19-18(4,5)16-11-9-15(10-12-16)14(2)3/h9-12H,2,6-8,13H2,1,3-5H3,(H,19,20). The average Bonchev–Trinajstić information content (AvgIpc) is 2.43. The van der Waals surface area contributed by atoms with Gasteiger partial charge in [-0.3, -0.25) is 0 Å². The lowest BCUT2D eigenvalue weighted by Gasteiger charge is -2.26. The van der Waals surface area contributed by atoms with Crippen molar-refractivity contribution < 1.29 is 9.53 Å². The molecule has 0 aliphatic rings. The third-order valence-corrected chi connectivity index (χ3v) is 3.49. The van der Waals surface area contributed by atoms with Gasteiger partial charge >= 0.3 is 6.09 Å². The Balaban J connectivity index is 2.59. The number of carbonyl (C=O) groups is 1. The molecule has 1 N–H and O–H groups in total. The lowest BCUT2D eigenvalue weighted by atomic mass is 9.93. The molecule has 0 bridgehead atoms. The molecule has 0 aromatic heterocycles. The van der Waals surface area contributed by atoms with Crippen LogP contribution in [0.4, 0.5) is 4.79 Å². The van der Waals surface area contributed by atoms with Crippen LogP contribution in [0.1, 0.15) is 58.1 Å². The Morgan fingerprint density at radius 3 is 2.38 bits per heavy atom. The van der Waals surface area contributed by atoms with E-state index in [1.54, 1.807) is 0 Å². The highest BCUT2D eigenvalue weighted by atomic mass is 16.5. The zero-order valence-electron chi connectivity index (χ0n) is 13.7. The fourth-order valence-electron chi connectivity index (χ4n) is 2.05. The molecular formula is C18H27NO2. The summed E-state index contributed by atoms with van der Waals surface area (Å²) in [4.78, 5) is 11.8. The largest absolute Gasteiger partial charge is 0.450 e. The van der Waals surface area contributed by atoms with Crippen molar-refractivity contribution in [3.05, 3.63) is 42.0 Å². The Hall–Kier alpha value is -1.77. The van der Waals surface area contributed by atoms with Gasteiger partial charge in [-0.2, -0.15) is 0 Å². The highest BCUT2D eigenvalue weighted by Crippen LogP contribution is 2.22. The van der Waals surface area contributed by atoms with E-state index in [-0.39, 0.29) is 6.09 Å². The van der Waals surface area contributed by atoms with E-state index in [9.17, 15) is 4.79 Å². The second-order valence-corrected chi connectivity index (χ2v) is 5.95. The number of carbonyl (C=O) groups excluding carboxylic acids is 1. The van der Waals surface area contributed by atoms with Crippen LogP contribution in [0.15, 0.2) is 30.8 Å². The van der Waals surface area contributed by atoms with Crippen molar-refractivity contribution in [2.24, 2.45) is 0 Å². The van der Waals surface area contributed by atoms with E-state index in [0.717, 1.165) is 36.0 Å². The van der Waals surface area contributed by atoms with Gasteiger partial charge in [-0.15, -0.1) is 0 Å². The van der Waals surface area contributed by atoms with Crippen LogP contribution in [-0.2, 0) is 10.3 Å². The Bertz CT molecular complexity index is 474. The SMILES string of the molecule is C=C(C)c1ccc(C(C)(C)NC(=O)OCCCCC)cc1. The second kappa shape index (κ2) is 7.87. The molecule has 0 aliphatic heterocycles. The van der Waals surface area contributed by atoms with Crippen LogP contribution in [0.5, 0.6) is 0 Å². The molecule has 0 saturated heterocycles. The number of benzene rings is 1. The maximum absolute atomic E-state index is 11.8. The van der Waals surface area contributed by atoms with Crippen molar-refractivity contribution in [2.75, 3.05) is 6.61 Å². The molecule has 3 heteroatoms. The van der Waals surface area contributed by atoms with Crippen LogP contribution >= 0.6 is 0 Å². The van der Waals surface area contributed by atoms with Gasteiger partial charge < -0.3 is 10.1 Å². The van der Waals surface area contributed by atoms with E-state index in [1.165, 1.54) is 0 Å². The normalized spacial score (nSPS) is 11.0. The monoisotopic (exact) mass is 289 g/mol. The highest BCUT2D eigenvalue weighted by molar-refractivity contribution is 5.68. The van der Waals surface area contributed by atoms with Crippen LogP contribution in [0.2, 0.25) is 0 Å². The number of rotatable bonds is 7. The van der Waals surface area contributed by atoms with Gasteiger partial charge in [0.05, 0.1) is 12.1 Å². The molecule has 0 aliphatic carbocycles. The van der Waals surface area contributed by atoms with Crippen LogP contribution in [0.3, 0.4) is 0 Å². The van der Waals surface area contributed by atoms with Crippen molar-refractivity contribution in [3.8, 4) is 0 Å². The predicted octanol–water partition coefficient (Wildman–Crippen LogP) is 4.87. The second-order valence-electron chi connectivity index (χ2n) is 5.95. The number of hydrogen-bond donors (Lipinski definition) is 1. The van der Waals surface area contributed by atoms with Gasteiger partial charge in [0.15, 0.2) is 0 Å². The van der Waals surface area contributed by atoms with Crippen LogP contribution in [0, 0.1) is 0 Å². The zero-order valence-corrected chi connectivity index (χ0v) is 13.7. The first kappa shape index (κ1) is 17.3. The summed E-state index contributed by atoms with van der Waals surface area (Å²) in [5, 5.41) is 2.91. The van der Waals surface area contributed by atoms with Gasteiger partial charge in [-0.05, 0) is 38.3 Å². The molecule has 0 saturated carbocycles. The fraction of sp³-hybridized carbons (Fsp3) is 0.500. The Morgan fingerprint density at radius 2 is 1.86 bits per heavy atom. The molecule has 0 heterocycles. The summed E-state index contributed by atoms with van der Waals surface area (Å²) in [5.74, 6) is 0. The summed E-state index contributed by atoms with van der Waals surface area (Å²) in [6, 6.07) is 8.07. The van der Waals surface area contributed by atoms with E-state index in [4.69, 9.17) is 4.74 Å². The Morgan fingerprint density at radius 1 is 1.24 bits per heavy atom. The van der Waals surface area contributed by atoms with Crippen LogP contribution in [0.25, 0.3) is 5.57 Å². The molecular weight excluding hydrogens is 262 g/mol. The number of allylic oxidation sites excluding steroid dienone is 1. The average molecular weight is 289 g/mol. The maximum Gasteiger partial charge on any atom is 0.407 e. The zero-order chi connectivity index (χ0) is 15.9. The summed E-state index contributed by atoms with van der Waals surface area (Å²) < 4.78 is 5.20.